The van der Waals surface area contributed by atoms with Crippen molar-refractivity contribution in [3.63, 3.8) is 0 Å². The minimum absolute atomic E-state index is 0.716. The van der Waals surface area contributed by atoms with Gasteiger partial charge >= 0.3 is 89.8 Å². The first kappa shape index (κ1) is 10.5. The maximum absolute atomic E-state index is 3.44. The molecule has 0 saturated carbocycles. The number of benzene rings is 1. The van der Waals surface area contributed by atoms with E-state index in [1.165, 1.54) is 8.93 Å². The molecule has 0 radical (unpaired) electrons. The molecule has 0 heterocycles. The molecule has 3 heteroatoms. The molecule has 1 rings (SSSR count). The van der Waals surface area contributed by atoms with Crippen molar-refractivity contribution in [1.29, 1.82) is 0 Å². The Morgan fingerprint density at radius 3 is 2.00 bits per heavy atom. The summed E-state index contributed by atoms with van der Waals surface area (Å²) in [6.07, 6.45) is 0. The molecule has 0 nitrogen and oxygen atoms in total. The van der Waals surface area contributed by atoms with Crippen LogP contribution in [-0.2, 0) is 0 Å². The zero-order chi connectivity index (χ0) is 9.19. The summed E-state index contributed by atoms with van der Waals surface area (Å²) in [7, 11) is 0. The minimum atomic E-state index is -0.868. The predicted octanol–water partition coefficient (Wildman–Crippen LogP) is 2.61. The summed E-state index contributed by atoms with van der Waals surface area (Å²) in [5, 5.41) is 0. The van der Waals surface area contributed by atoms with Gasteiger partial charge < -0.3 is 0 Å². The monoisotopic (exact) mass is 308 g/mol. The molecule has 0 aliphatic rings. The molecule has 66 valence electrons. The summed E-state index contributed by atoms with van der Waals surface area (Å²) in [5.41, 5.74) is 0. The molecule has 0 atom stereocenters. The first-order chi connectivity index (χ1) is 5.47. The predicted molar refractivity (Wildman–Crippen MR) is 62.9 cm³/mol. The van der Waals surface area contributed by atoms with Gasteiger partial charge in [0.1, 0.15) is 0 Å². The molecule has 0 N–H and O–H groups in total. The Morgan fingerprint density at radius 2 is 1.58 bits per heavy atom. The second-order valence-electron chi connectivity index (χ2n) is 3.67. The van der Waals surface area contributed by atoms with Gasteiger partial charge in [0, 0.05) is 0 Å². The molecule has 0 aliphatic carbocycles. The number of hydrogen-bond acceptors (Lipinski definition) is 0. The third-order valence-corrected chi connectivity index (χ3v) is 8.52. The van der Waals surface area contributed by atoms with Crippen molar-refractivity contribution in [2.45, 2.75) is 19.6 Å². The van der Waals surface area contributed by atoms with Crippen LogP contribution >= 0.6 is 15.9 Å². The van der Waals surface area contributed by atoms with Crippen molar-refractivity contribution in [3.8, 4) is 0 Å². The second kappa shape index (κ2) is 4.10. The third kappa shape index (κ3) is 3.90. The molecule has 1 aromatic carbocycles. The van der Waals surface area contributed by atoms with Crippen LogP contribution in [-0.4, -0.2) is 21.0 Å². The first-order valence-corrected chi connectivity index (χ1v) is 11.5. The Balaban J connectivity index is 2.71. The zero-order valence-corrected chi connectivity index (χ0v) is 11.9. The number of halogens is 1. The van der Waals surface area contributed by atoms with Crippen LogP contribution in [0.5, 0.6) is 0 Å². The van der Waals surface area contributed by atoms with Crippen LogP contribution in [0.3, 0.4) is 0 Å². The quantitative estimate of drug-likeness (QED) is 0.737. The third-order valence-electron chi connectivity index (χ3n) is 1.24. The Kier molecular flexibility index (Phi) is 3.59. The van der Waals surface area contributed by atoms with Crippen LogP contribution in [0.25, 0.3) is 0 Å². The van der Waals surface area contributed by atoms with Crippen molar-refractivity contribution in [2.24, 2.45) is 0 Å². The average Bonchev–Trinajstić information content (AvgIpc) is 1.91. The molecule has 0 bridgehead atoms. The van der Waals surface area contributed by atoms with Gasteiger partial charge in [0.05, 0.1) is 0 Å². The Bertz CT molecular complexity index is 250. The summed E-state index contributed by atoms with van der Waals surface area (Å²) in [4.78, 5) is 0. The zero-order valence-electron chi connectivity index (χ0n) is 7.60. The van der Waals surface area contributed by atoms with Crippen LogP contribution < -0.4 is 4.46 Å². The van der Waals surface area contributed by atoms with Gasteiger partial charge in [-0.15, -0.1) is 0 Å². The summed E-state index contributed by atoms with van der Waals surface area (Å²) in [5.74, 6) is 0. The van der Waals surface area contributed by atoms with E-state index in [0.29, 0.717) is 14.3 Å². The van der Waals surface area contributed by atoms with Crippen LogP contribution in [0.1, 0.15) is 0 Å². The molecule has 0 unspecified atom stereocenters. The molecule has 0 amide bonds. The molecule has 1 aromatic rings. The average molecular weight is 308 g/mol. The van der Waals surface area contributed by atoms with E-state index in [0.717, 1.165) is 0 Å². The molecule has 0 aromatic heterocycles. The Hall–Kier alpha value is 0.436. The summed E-state index contributed by atoms with van der Waals surface area (Å²) < 4.78 is 2.71. The van der Waals surface area contributed by atoms with Crippen LogP contribution in [0.2, 0.25) is 19.6 Å². The van der Waals surface area contributed by atoms with Crippen molar-refractivity contribution in [1.82, 2.24) is 0 Å². The fraction of sp³-hybridized carbons (Fsp3) is 0.333. The Morgan fingerprint density at radius 1 is 1.08 bits per heavy atom. The topological polar surface area (TPSA) is 0 Å². The molecule has 0 spiro atoms. The van der Waals surface area contributed by atoms with Gasteiger partial charge in [-0.3, -0.25) is 0 Å². The van der Waals surface area contributed by atoms with E-state index in [-0.39, 0.29) is 0 Å². The van der Waals surface area contributed by atoms with Gasteiger partial charge in [0.25, 0.3) is 0 Å². The summed E-state index contributed by atoms with van der Waals surface area (Å²) in [6, 6.07) is 8.75. The molecular weight excluding hydrogens is 295 g/mol. The first-order valence-electron chi connectivity index (χ1n) is 3.92. The maximum atomic E-state index is 3.44. The van der Waals surface area contributed by atoms with Gasteiger partial charge in [-0.05, 0) is 0 Å². The van der Waals surface area contributed by atoms with Crippen LogP contribution in [0, 0.1) is 0 Å². The van der Waals surface area contributed by atoms with Gasteiger partial charge in [-0.25, -0.2) is 0 Å². The van der Waals surface area contributed by atoms with Crippen LogP contribution in [0.15, 0.2) is 28.7 Å². The van der Waals surface area contributed by atoms with Crippen molar-refractivity contribution in [2.75, 3.05) is 0 Å². The van der Waals surface area contributed by atoms with E-state index in [1.807, 2.05) is 0 Å². The molecule has 12 heavy (non-hydrogen) atoms. The number of rotatable bonds is 2. The van der Waals surface area contributed by atoms with Crippen molar-refractivity contribution in [3.05, 3.63) is 28.7 Å². The van der Waals surface area contributed by atoms with Gasteiger partial charge in [0.2, 0.25) is 0 Å². The fourth-order valence-electron chi connectivity index (χ4n) is 0.856. The van der Waals surface area contributed by atoms with E-state index >= 15 is 0 Å². The summed E-state index contributed by atoms with van der Waals surface area (Å²) in [6.45, 7) is 6.41. The van der Waals surface area contributed by atoms with Crippen LogP contribution in [0.4, 0.5) is 0 Å². The normalized spacial score (nSPS) is 11.7. The van der Waals surface area contributed by atoms with E-state index < -0.39 is 6.68 Å². The van der Waals surface area contributed by atoms with Crippen molar-refractivity contribution < 1.29 is 0 Å². The van der Waals surface area contributed by atoms with Gasteiger partial charge in [0.15, 0.2) is 0 Å². The van der Waals surface area contributed by atoms with Gasteiger partial charge in [-0.1, -0.05) is 0 Å². The molecular formula is C9H13BrSeSi. The summed E-state index contributed by atoms with van der Waals surface area (Å²) >= 11 is 4.16. The second-order valence-corrected chi connectivity index (χ2v) is 19.0. The molecule has 0 fully saturated rings. The van der Waals surface area contributed by atoms with E-state index in [4.69, 9.17) is 0 Å². The Labute approximate surface area is 89.5 Å². The van der Waals surface area contributed by atoms with Gasteiger partial charge in [-0.2, -0.15) is 0 Å². The molecule has 0 saturated heterocycles. The van der Waals surface area contributed by atoms with E-state index in [2.05, 4.69) is 59.8 Å². The molecule has 0 aliphatic heterocycles. The fourth-order valence-corrected chi connectivity index (χ4v) is 7.56. The van der Waals surface area contributed by atoms with E-state index in [9.17, 15) is 0 Å². The standard InChI is InChI=1S/C9H13BrSeSi/c1-12(2,3)11-9-6-4-8(10)5-7-9/h4-7H,1-3H3. The van der Waals surface area contributed by atoms with Crippen molar-refractivity contribution >= 4 is 41.4 Å². The SMILES string of the molecule is C[Si](C)(C)[Se]c1ccc(Br)cc1. The van der Waals surface area contributed by atoms with E-state index in [1.54, 1.807) is 0 Å². The number of hydrogen-bond donors (Lipinski definition) is 0.